The molecule has 4 nitrogen and oxygen atoms in total. The third kappa shape index (κ3) is 2.58. The zero-order valence-electron chi connectivity index (χ0n) is 10.1. The van der Waals surface area contributed by atoms with Crippen molar-refractivity contribution in [1.29, 1.82) is 0 Å². The molecule has 1 heterocycles. The highest BCUT2D eigenvalue weighted by Gasteiger charge is 2.15. The van der Waals surface area contributed by atoms with Crippen LogP contribution in [0.5, 0.6) is 0 Å². The SMILES string of the molecule is CN(CCCO)C(=O)c1ccc2c(c1)NCC2. The number of benzene rings is 1. The van der Waals surface area contributed by atoms with E-state index < -0.39 is 0 Å². The summed E-state index contributed by atoms with van der Waals surface area (Å²) in [7, 11) is 1.76. The van der Waals surface area contributed by atoms with Gasteiger partial charge in [0, 0.05) is 38.0 Å². The fraction of sp³-hybridized carbons (Fsp3) is 0.462. The fourth-order valence-electron chi connectivity index (χ4n) is 2.05. The maximum Gasteiger partial charge on any atom is 0.253 e. The molecule has 2 N–H and O–H groups in total. The van der Waals surface area contributed by atoms with E-state index >= 15 is 0 Å². The highest BCUT2D eigenvalue weighted by molar-refractivity contribution is 5.95. The topological polar surface area (TPSA) is 52.6 Å². The summed E-state index contributed by atoms with van der Waals surface area (Å²) in [6, 6.07) is 5.81. The quantitative estimate of drug-likeness (QED) is 0.820. The molecule has 1 aromatic rings. The highest BCUT2D eigenvalue weighted by atomic mass is 16.3. The van der Waals surface area contributed by atoms with Crippen molar-refractivity contribution < 1.29 is 9.90 Å². The Bertz CT molecular complexity index is 418. The van der Waals surface area contributed by atoms with Gasteiger partial charge in [0.25, 0.3) is 5.91 Å². The van der Waals surface area contributed by atoms with Crippen LogP contribution in [-0.2, 0) is 6.42 Å². The molecular formula is C13H18N2O2. The number of fused-ring (bicyclic) bond motifs is 1. The van der Waals surface area contributed by atoms with Gasteiger partial charge in [-0.25, -0.2) is 0 Å². The van der Waals surface area contributed by atoms with E-state index in [-0.39, 0.29) is 12.5 Å². The van der Waals surface area contributed by atoms with Crippen molar-refractivity contribution in [2.24, 2.45) is 0 Å². The number of anilines is 1. The first-order chi connectivity index (χ1) is 8.22. The van der Waals surface area contributed by atoms with Crippen LogP contribution >= 0.6 is 0 Å². The Labute approximate surface area is 101 Å². The van der Waals surface area contributed by atoms with Crippen molar-refractivity contribution in [1.82, 2.24) is 4.90 Å². The number of nitrogens with zero attached hydrogens (tertiary/aromatic N) is 1. The number of rotatable bonds is 4. The minimum Gasteiger partial charge on any atom is -0.396 e. The number of nitrogens with one attached hydrogen (secondary N) is 1. The summed E-state index contributed by atoms with van der Waals surface area (Å²) in [6.07, 6.45) is 1.65. The molecule has 1 aromatic carbocycles. The summed E-state index contributed by atoms with van der Waals surface area (Å²) in [4.78, 5) is 13.7. The third-order valence-electron chi connectivity index (χ3n) is 3.06. The van der Waals surface area contributed by atoms with Gasteiger partial charge in [-0.2, -0.15) is 0 Å². The van der Waals surface area contributed by atoms with Gasteiger partial charge in [0.2, 0.25) is 0 Å². The molecule has 0 unspecified atom stereocenters. The van der Waals surface area contributed by atoms with Crippen LogP contribution in [0.4, 0.5) is 5.69 Å². The fourth-order valence-corrected chi connectivity index (χ4v) is 2.05. The van der Waals surface area contributed by atoms with Crippen molar-refractivity contribution >= 4 is 11.6 Å². The van der Waals surface area contributed by atoms with E-state index in [1.54, 1.807) is 11.9 Å². The number of carbonyl (C=O) groups is 1. The summed E-state index contributed by atoms with van der Waals surface area (Å²) in [5.74, 6) is 0.00921. The standard InChI is InChI=1S/C13H18N2O2/c1-15(7-2-8-16)13(17)11-4-3-10-5-6-14-12(10)9-11/h3-4,9,14,16H,2,5-8H2,1H3. The van der Waals surface area contributed by atoms with Crippen LogP contribution in [0, 0.1) is 0 Å². The maximum atomic E-state index is 12.1. The maximum absolute atomic E-state index is 12.1. The molecule has 0 fully saturated rings. The predicted octanol–water partition coefficient (Wildman–Crippen LogP) is 1.11. The van der Waals surface area contributed by atoms with Gasteiger partial charge in [-0.3, -0.25) is 4.79 Å². The molecule has 0 radical (unpaired) electrons. The lowest BCUT2D eigenvalue weighted by molar-refractivity contribution is 0.0786. The molecule has 0 aliphatic carbocycles. The van der Waals surface area contributed by atoms with E-state index in [1.165, 1.54) is 5.56 Å². The molecule has 4 heteroatoms. The van der Waals surface area contributed by atoms with Gasteiger partial charge >= 0.3 is 0 Å². The Kier molecular flexibility index (Phi) is 3.64. The predicted molar refractivity (Wildman–Crippen MR) is 67.3 cm³/mol. The second-order valence-corrected chi connectivity index (χ2v) is 4.35. The Morgan fingerprint density at radius 1 is 1.53 bits per heavy atom. The Balaban J connectivity index is 2.09. The average Bonchev–Trinajstić information content (AvgIpc) is 2.81. The van der Waals surface area contributed by atoms with Crippen LogP contribution < -0.4 is 5.32 Å². The minimum absolute atomic E-state index is 0.00921. The van der Waals surface area contributed by atoms with Gasteiger partial charge in [-0.05, 0) is 30.5 Å². The molecule has 2 rings (SSSR count). The molecule has 92 valence electrons. The minimum atomic E-state index is 0.00921. The Hall–Kier alpha value is -1.55. The van der Waals surface area contributed by atoms with Crippen molar-refractivity contribution in [3.05, 3.63) is 29.3 Å². The van der Waals surface area contributed by atoms with Gasteiger partial charge in [0.1, 0.15) is 0 Å². The second kappa shape index (κ2) is 5.19. The van der Waals surface area contributed by atoms with E-state index in [4.69, 9.17) is 5.11 Å². The number of aliphatic hydroxyl groups excluding tert-OH is 1. The number of amides is 1. The van der Waals surface area contributed by atoms with Gasteiger partial charge in [0.15, 0.2) is 0 Å². The first-order valence-electron chi connectivity index (χ1n) is 5.95. The average molecular weight is 234 g/mol. The third-order valence-corrected chi connectivity index (χ3v) is 3.06. The molecule has 0 saturated carbocycles. The van der Waals surface area contributed by atoms with E-state index in [1.807, 2.05) is 18.2 Å². The molecule has 1 aliphatic rings. The highest BCUT2D eigenvalue weighted by Crippen LogP contribution is 2.23. The van der Waals surface area contributed by atoms with Crippen LogP contribution in [0.1, 0.15) is 22.3 Å². The summed E-state index contributed by atoms with van der Waals surface area (Å²) in [6.45, 7) is 1.65. The molecule has 1 amide bonds. The molecule has 0 aromatic heterocycles. The summed E-state index contributed by atoms with van der Waals surface area (Å²) < 4.78 is 0. The monoisotopic (exact) mass is 234 g/mol. The van der Waals surface area contributed by atoms with E-state index in [0.29, 0.717) is 18.5 Å². The summed E-state index contributed by atoms with van der Waals surface area (Å²) >= 11 is 0. The summed E-state index contributed by atoms with van der Waals surface area (Å²) in [5, 5.41) is 12.0. The number of hydrogen-bond donors (Lipinski definition) is 2. The number of carbonyl (C=O) groups excluding carboxylic acids is 1. The summed E-state index contributed by atoms with van der Waals surface area (Å²) in [5.41, 5.74) is 3.06. The van der Waals surface area contributed by atoms with E-state index in [9.17, 15) is 4.79 Å². The zero-order valence-corrected chi connectivity index (χ0v) is 10.1. The number of aliphatic hydroxyl groups is 1. The van der Waals surface area contributed by atoms with Crippen LogP contribution in [0.3, 0.4) is 0 Å². The molecule has 1 aliphatic heterocycles. The number of hydrogen-bond acceptors (Lipinski definition) is 3. The van der Waals surface area contributed by atoms with Crippen molar-refractivity contribution in [3.8, 4) is 0 Å². The van der Waals surface area contributed by atoms with Crippen LogP contribution in [0.25, 0.3) is 0 Å². The van der Waals surface area contributed by atoms with Gasteiger partial charge in [-0.1, -0.05) is 6.07 Å². The Morgan fingerprint density at radius 2 is 2.35 bits per heavy atom. The zero-order chi connectivity index (χ0) is 12.3. The van der Waals surface area contributed by atoms with E-state index in [2.05, 4.69) is 5.32 Å². The molecule has 0 saturated heterocycles. The van der Waals surface area contributed by atoms with Gasteiger partial charge < -0.3 is 15.3 Å². The molecular weight excluding hydrogens is 216 g/mol. The van der Waals surface area contributed by atoms with Crippen molar-refractivity contribution in [3.63, 3.8) is 0 Å². The van der Waals surface area contributed by atoms with Gasteiger partial charge in [0.05, 0.1) is 0 Å². The molecule has 0 atom stereocenters. The van der Waals surface area contributed by atoms with Crippen LogP contribution in [0.2, 0.25) is 0 Å². The van der Waals surface area contributed by atoms with Crippen molar-refractivity contribution in [2.75, 3.05) is 32.1 Å². The normalized spacial score (nSPS) is 13.1. The van der Waals surface area contributed by atoms with Gasteiger partial charge in [-0.15, -0.1) is 0 Å². The largest absolute Gasteiger partial charge is 0.396 e. The molecule has 0 spiro atoms. The molecule has 0 bridgehead atoms. The lowest BCUT2D eigenvalue weighted by Gasteiger charge is -2.17. The first kappa shape index (κ1) is 11.9. The smallest absolute Gasteiger partial charge is 0.253 e. The molecule has 17 heavy (non-hydrogen) atoms. The lowest BCUT2D eigenvalue weighted by atomic mass is 10.1. The van der Waals surface area contributed by atoms with Crippen molar-refractivity contribution in [2.45, 2.75) is 12.8 Å². The second-order valence-electron chi connectivity index (χ2n) is 4.35. The first-order valence-corrected chi connectivity index (χ1v) is 5.95. The van der Waals surface area contributed by atoms with Crippen LogP contribution in [-0.4, -0.2) is 42.7 Å². The lowest BCUT2D eigenvalue weighted by Crippen LogP contribution is -2.28. The van der Waals surface area contributed by atoms with Crippen LogP contribution in [0.15, 0.2) is 18.2 Å². The Morgan fingerprint density at radius 3 is 3.12 bits per heavy atom. The van der Waals surface area contributed by atoms with E-state index in [0.717, 1.165) is 18.7 Å².